The molecule has 5 aromatic rings. The maximum atomic E-state index is 13.0. The molecule has 0 saturated carbocycles. The molecule has 11 heteroatoms. The van der Waals surface area contributed by atoms with Crippen molar-refractivity contribution in [1.29, 1.82) is 0 Å². The molecule has 4 N–H and O–H groups in total. The summed E-state index contributed by atoms with van der Waals surface area (Å²) in [6.45, 7) is 1.92. The molecule has 0 spiro atoms. The standard InChI is InChI=1S/C30H24Cl2N6O3/c1-2-41-29(39)27-20(19-12-13-21(31)22(32)16-19)17-33-28(27)34-24-10-6-7-11-25(24)35-30(40)36-26-15-14-23(37-38-26)18-8-4-3-5-9-18/h3-17,33-34H,2H2,1H3,(H2,35,36,38,40). The molecule has 0 aliphatic heterocycles. The highest BCUT2D eigenvalue weighted by atomic mass is 35.5. The molecule has 41 heavy (non-hydrogen) atoms. The highest BCUT2D eigenvalue weighted by Gasteiger charge is 2.22. The van der Waals surface area contributed by atoms with Crippen molar-refractivity contribution in [3.8, 4) is 22.4 Å². The lowest BCUT2D eigenvalue weighted by Crippen LogP contribution is -2.21. The maximum absolute atomic E-state index is 13.0. The van der Waals surface area contributed by atoms with Crippen molar-refractivity contribution < 1.29 is 14.3 Å². The minimum atomic E-state index is -0.530. The molecule has 2 aromatic heterocycles. The molecule has 0 unspecified atom stereocenters. The molecule has 0 atom stereocenters. The molecule has 3 aromatic carbocycles. The van der Waals surface area contributed by atoms with Crippen molar-refractivity contribution in [2.75, 3.05) is 22.6 Å². The Labute approximate surface area is 245 Å². The Morgan fingerprint density at radius 1 is 0.829 bits per heavy atom. The molecule has 0 saturated heterocycles. The van der Waals surface area contributed by atoms with Crippen molar-refractivity contribution in [2.45, 2.75) is 6.92 Å². The van der Waals surface area contributed by atoms with Crippen LogP contribution < -0.4 is 16.0 Å². The average molecular weight is 587 g/mol. The van der Waals surface area contributed by atoms with Crippen LogP contribution in [0.2, 0.25) is 10.0 Å². The van der Waals surface area contributed by atoms with Crippen LogP contribution in [0.25, 0.3) is 22.4 Å². The Kier molecular flexibility index (Phi) is 8.47. The number of hydrogen-bond acceptors (Lipinski definition) is 6. The van der Waals surface area contributed by atoms with Gasteiger partial charge in [-0.1, -0.05) is 71.7 Å². The van der Waals surface area contributed by atoms with E-state index in [1.807, 2.05) is 30.3 Å². The second-order valence-corrected chi connectivity index (χ2v) is 9.54. The third kappa shape index (κ3) is 6.49. The molecular formula is C30H24Cl2N6O3. The van der Waals surface area contributed by atoms with Gasteiger partial charge in [0.25, 0.3) is 0 Å². The number of halogens is 2. The zero-order valence-corrected chi connectivity index (χ0v) is 23.3. The number of rotatable bonds is 8. The number of esters is 1. The monoisotopic (exact) mass is 586 g/mol. The Morgan fingerprint density at radius 3 is 2.29 bits per heavy atom. The molecule has 5 rings (SSSR count). The van der Waals surface area contributed by atoms with Gasteiger partial charge in [0.1, 0.15) is 11.4 Å². The SMILES string of the molecule is CCOC(=O)c1c(-c2ccc(Cl)c(Cl)c2)c[nH]c1Nc1ccccc1NC(=O)Nc1ccc(-c2ccccc2)nn1. The van der Waals surface area contributed by atoms with Gasteiger partial charge in [-0.25, -0.2) is 9.59 Å². The summed E-state index contributed by atoms with van der Waals surface area (Å²) < 4.78 is 5.33. The van der Waals surface area contributed by atoms with Crippen LogP contribution in [-0.2, 0) is 4.74 Å². The van der Waals surface area contributed by atoms with E-state index in [2.05, 4.69) is 31.1 Å². The van der Waals surface area contributed by atoms with E-state index in [4.69, 9.17) is 27.9 Å². The lowest BCUT2D eigenvalue weighted by molar-refractivity contribution is 0.0528. The first-order valence-electron chi connectivity index (χ1n) is 12.6. The Bertz CT molecular complexity index is 1690. The first kappa shape index (κ1) is 27.7. The van der Waals surface area contributed by atoms with Gasteiger partial charge in [-0.05, 0) is 48.9 Å². The van der Waals surface area contributed by atoms with Gasteiger partial charge in [-0.3, -0.25) is 5.32 Å². The van der Waals surface area contributed by atoms with E-state index in [0.717, 1.165) is 5.56 Å². The number of para-hydroxylation sites is 2. The fraction of sp³-hybridized carbons (Fsp3) is 0.0667. The minimum Gasteiger partial charge on any atom is -0.462 e. The van der Waals surface area contributed by atoms with Gasteiger partial charge >= 0.3 is 12.0 Å². The van der Waals surface area contributed by atoms with Crippen LogP contribution in [0, 0.1) is 0 Å². The number of aromatic amines is 1. The molecule has 2 heterocycles. The van der Waals surface area contributed by atoms with Gasteiger partial charge in [-0.15, -0.1) is 10.2 Å². The normalized spacial score (nSPS) is 10.6. The van der Waals surface area contributed by atoms with E-state index in [-0.39, 0.29) is 18.0 Å². The molecule has 0 aliphatic carbocycles. The number of aromatic nitrogens is 3. The predicted octanol–water partition coefficient (Wildman–Crippen LogP) is 8.01. The number of anilines is 4. The summed E-state index contributed by atoms with van der Waals surface area (Å²) in [5.74, 6) is 0.132. The first-order valence-corrected chi connectivity index (χ1v) is 13.4. The molecule has 0 radical (unpaired) electrons. The number of hydrogen-bond donors (Lipinski definition) is 4. The van der Waals surface area contributed by atoms with Crippen molar-refractivity contribution in [3.63, 3.8) is 0 Å². The second-order valence-electron chi connectivity index (χ2n) is 8.72. The maximum Gasteiger partial charge on any atom is 0.342 e. The smallest absolute Gasteiger partial charge is 0.342 e. The topological polar surface area (TPSA) is 121 Å². The molecule has 0 aliphatic rings. The molecular weight excluding hydrogens is 563 g/mol. The van der Waals surface area contributed by atoms with E-state index >= 15 is 0 Å². The number of nitrogens with one attached hydrogen (secondary N) is 4. The Balaban J connectivity index is 1.36. The number of benzene rings is 3. The summed E-state index contributed by atoms with van der Waals surface area (Å²) in [6, 6.07) is 24.7. The van der Waals surface area contributed by atoms with Gasteiger partial charge in [0.05, 0.1) is 33.7 Å². The third-order valence-corrected chi connectivity index (χ3v) is 6.74. The summed E-state index contributed by atoms with van der Waals surface area (Å²) in [6.07, 6.45) is 1.68. The lowest BCUT2D eigenvalue weighted by atomic mass is 10.0. The number of carbonyl (C=O) groups is 2. The van der Waals surface area contributed by atoms with Crippen LogP contribution in [0.1, 0.15) is 17.3 Å². The number of nitrogens with zero attached hydrogens (tertiary/aromatic N) is 2. The van der Waals surface area contributed by atoms with E-state index in [1.54, 1.807) is 67.7 Å². The fourth-order valence-electron chi connectivity index (χ4n) is 4.10. The summed E-state index contributed by atoms with van der Waals surface area (Å²) in [7, 11) is 0. The van der Waals surface area contributed by atoms with E-state index in [9.17, 15) is 9.59 Å². The number of H-pyrrole nitrogens is 1. The molecule has 0 fully saturated rings. The first-order chi connectivity index (χ1) is 19.9. The van der Waals surface area contributed by atoms with Gasteiger partial charge in [-0.2, -0.15) is 0 Å². The van der Waals surface area contributed by atoms with E-state index in [0.29, 0.717) is 44.1 Å². The van der Waals surface area contributed by atoms with Crippen LogP contribution >= 0.6 is 23.2 Å². The van der Waals surface area contributed by atoms with Crippen LogP contribution in [0.3, 0.4) is 0 Å². The van der Waals surface area contributed by atoms with Crippen molar-refractivity contribution in [1.82, 2.24) is 15.2 Å². The molecule has 206 valence electrons. The second kappa shape index (κ2) is 12.5. The summed E-state index contributed by atoms with van der Waals surface area (Å²) in [5, 5.41) is 17.8. The summed E-state index contributed by atoms with van der Waals surface area (Å²) >= 11 is 12.3. The Morgan fingerprint density at radius 2 is 1.59 bits per heavy atom. The van der Waals surface area contributed by atoms with Crippen LogP contribution in [0.15, 0.2) is 91.1 Å². The highest BCUT2D eigenvalue weighted by Crippen LogP contribution is 2.36. The number of carbonyl (C=O) groups excluding carboxylic acids is 2. The van der Waals surface area contributed by atoms with Crippen molar-refractivity contribution in [3.05, 3.63) is 107 Å². The average Bonchev–Trinajstić information content (AvgIpc) is 3.40. The van der Waals surface area contributed by atoms with Crippen LogP contribution in [0.5, 0.6) is 0 Å². The van der Waals surface area contributed by atoms with Crippen molar-refractivity contribution >= 4 is 58.2 Å². The third-order valence-electron chi connectivity index (χ3n) is 6.00. The van der Waals surface area contributed by atoms with Gasteiger partial charge < -0.3 is 20.4 Å². The molecule has 9 nitrogen and oxygen atoms in total. The number of urea groups is 1. The summed E-state index contributed by atoms with van der Waals surface area (Å²) in [4.78, 5) is 28.9. The minimum absolute atomic E-state index is 0.192. The van der Waals surface area contributed by atoms with Crippen molar-refractivity contribution in [2.24, 2.45) is 0 Å². The van der Waals surface area contributed by atoms with E-state index in [1.165, 1.54) is 0 Å². The largest absolute Gasteiger partial charge is 0.462 e. The van der Waals surface area contributed by atoms with Gasteiger partial charge in [0.2, 0.25) is 0 Å². The lowest BCUT2D eigenvalue weighted by Gasteiger charge is -2.14. The van der Waals surface area contributed by atoms with Crippen LogP contribution in [0.4, 0.5) is 27.8 Å². The Hall–Kier alpha value is -4.86. The quantitative estimate of drug-likeness (QED) is 0.137. The zero-order chi connectivity index (χ0) is 28.8. The van der Waals surface area contributed by atoms with Gasteiger partial charge in [0, 0.05) is 17.3 Å². The van der Waals surface area contributed by atoms with Gasteiger partial charge in [0.15, 0.2) is 5.82 Å². The highest BCUT2D eigenvalue weighted by molar-refractivity contribution is 6.42. The van der Waals surface area contributed by atoms with Crippen LogP contribution in [-0.4, -0.2) is 33.8 Å². The molecule has 0 bridgehead atoms. The summed E-state index contributed by atoms with van der Waals surface area (Å²) in [5.41, 5.74) is 4.13. The zero-order valence-electron chi connectivity index (χ0n) is 21.7. The molecule has 2 amide bonds. The fourth-order valence-corrected chi connectivity index (χ4v) is 4.39. The predicted molar refractivity (Wildman–Crippen MR) is 162 cm³/mol. The number of ether oxygens (including phenoxy) is 1. The van der Waals surface area contributed by atoms with E-state index < -0.39 is 12.0 Å². The number of amides is 2.